The molecule has 0 amide bonds. The third-order valence-electron chi connectivity index (χ3n) is 2.77. The van der Waals surface area contributed by atoms with Crippen molar-refractivity contribution < 1.29 is 9.13 Å². The van der Waals surface area contributed by atoms with Crippen molar-refractivity contribution in [2.45, 2.75) is 6.42 Å². The summed E-state index contributed by atoms with van der Waals surface area (Å²) in [4.78, 5) is 0. The lowest BCUT2D eigenvalue weighted by molar-refractivity contribution is 0.314. The standard InChI is InChI=1S/C16H18FNO/c17-15-6-4-5-14(13-15)9-10-18-11-12-19-16-7-2-1-3-8-16/h1-8,13,18H,9-12H2. The first-order chi connectivity index (χ1) is 9.34. The Kier molecular flexibility index (Phi) is 5.38. The normalized spacial score (nSPS) is 10.4. The Morgan fingerprint density at radius 3 is 2.58 bits per heavy atom. The van der Waals surface area contributed by atoms with Crippen LogP contribution in [0.5, 0.6) is 5.75 Å². The van der Waals surface area contributed by atoms with Gasteiger partial charge in [-0.3, -0.25) is 0 Å². The van der Waals surface area contributed by atoms with Gasteiger partial charge >= 0.3 is 0 Å². The first kappa shape index (κ1) is 13.6. The Hall–Kier alpha value is -1.87. The molecule has 100 valence electrons. The number of nitrogens with one attached hydrogen (secondary N) is 1. The Labute approximate surface area is 113 Å². The van der Waals surface area contributed by atoms with Crippen LogP contribution >= 0.6 is 0 Å². The molecule has 2 nitrogen and oxygen atoms in total. The van der Waals surface area contributed by atoms with Gasteiger partial charge in [-0.25, -0.2) is 4.39 Å². The fourth-order valence-electron chi connectivity index (χ4n) is 1.81. The molecule has 0 heterocycles. The largest absolute Gasteiger partial charge is 0.492 e. The van der Waals surface area contributed by atoms with Crippen LogP contribution in [0.25, 0.3) is 0 Å². The minimum Gasteiger partial charge on any atom is -0.492 e. The maximum atomic E-state index is 12.9. The van der Waals surface area contributed by atoms with Crippen LogP contribution in [0.1, 0.15) is 5.56 Å². The molecule has 0 bridgehead atoms. The maximum Gasteiger partial charge on any atom is 0.123 e. The highest BCUT2D eigenvalue weighted by atomic mass is 19.1. The third-order valence-corrected chi connectivity index (χ3v) is 2.77. The first-order valence-corrected chi connectivity index (χ1v) is 6.47. The zero-order valence-corrected chi connectivity index (χ0v) is 10.8. The van der Waals surface area contributed by atoms with Crippen molar-refractivity contribution in [2.75, 3.05) is 19.7 Å². The van der Waals surface area contributed by atoms with Gasteiger partial charge in [0.1, 0.15) is 18.2 Å². The van der Waals surface area contributed by atoms with E-state index in [1.807, 2.05) is 36.4 Å². The molecule has 0 aliphatic heterocycles. The highest BCUT2D eigenvalue weighted by Crippen LogP contribution is 2.07. The molecule has 0 saturated carbocycles. The summed E-state index contributed by atoms with van der Waals surface area (Å²) in [5.74, 6) is 0.708. The zero-order valence-electron chi connectivity index (χ0n) is 10.8. The zero-order chi connectivity index (χ0) is 13.3. The van der Waals surface area contributed by atoms with E-state index in [-0.39, 0.29) is 5.82 Å². The average molecular weight is 259 g/mol. The van der Waals surface area contributed by atoms with Gasteiger partial charge in [-0.05, 0) is 42.8 Å². The molecule has 1 N–H and O–H groups in total. The summed E-state index contributed by atoms with van der Waals surface area (Å²) in [6.45, 7) is 2.24. The van der Waals surface area contributed by atoms with Crippen LogP contribution in [0, 0.1) is 5.82 Å². The van der Waals surface area contributed by atoms with E-state index in [2.05, 4.69) is 5.32 Å². The van der Waals surface area contributed by atoms with Crippen LogP contribution in [0.2, 0.25) is 0 Å². The number of hydrogen-bond donors (Lipinski definition) is 1. The average Bonchev–Trinajstić information content (AvgIpc) is 2.44. The van der Waals surface area contributed by atoms with E-state index in [0.29, 0.717) is 6.61 Å². The third kappa shape index (κ3) is 5.10. The molecule has 0 atom stereocenters. The van der Waals surface area contributed by atoms with Gasteiger partial charge in [0, 0.05) is 6.54 Å². The fourth-order valence-corrected chi connectivity index (χ4v) is 1.81. The summed E-state index contributed by atoms with van der Waals surface area (Å²) < 4.78 is 18.5. The predicted octanol–water partition coefficient (Wildman–Crippen LogP) is 3.04. The monoisotopic (exact) mass is 259 g/mol. The van der Waals surface area contributed by atoms with Gasteiger partial charge < -0.3 is 10.1 Å². The number of ether oxygens (including phenoxy) is 1. The van der Waals surface area contributed by atoms with Crippen LogP contribution in [0.3, 0.4) is 0 Å². The van der Waals surface area contributed by atoms with Gasteiger partial charge in [-0.1, -0.05) is 30.3 Å². The summed E-state index contributed by atoms with van der Waals surface area (Å²) in [7, 11) is 0. The number of halogens is 1. The van der Waals surface area contributed by atoms with Crippen molar-refractivity contribution in [2.24, 2.45) is 0 Å². The van der Waals surface area contributed by atoms with Crippen molar-refractivity contribution in [3.63, 3.8) is 0 Å². The molecule has 0 radical (unpaired) electrons. The molecule has 0 spiro atoms. The van der Waals surface area contributed by atoms with Crippen LogP contribution < -0.4 is 10.1 Å². The topological polar surface area (TPSA) is 21.3 Å². The summed E-state index contributed by atoms with van der Waals surface area (Å²) in [5.41, 5.74) is 1.01. The van der Waals surface area contributed by atoms with Crippen LogP contribution in [0.4, 0.5) is 4.39 Å². The number of benzene rings is 2. The lowest BCUT2D eigenvalue weighted by atomic mass is 10.1. The van der Waals surface area contributed by atoms with Gasteiger partial charge in [0.2, 0.25) is 0 Å². The maximum absolute atomic E-state index is 12.9. The molecule has 0 unspecified atom stereocenters. The minimum absolute atomic E-state index is 0.176. The molecule has 2 aromatic carbocycles. The molecular weight excluding hydrogens is 241 g/mol. The Morgan fingerprint density at radius 2 is 1.79 bits per heavy atom. The molecule has 19 heavy (non-hydrogen) atoms. The molecular formula is C16H18FNO. The molecule has 0 saturated heterocycles. The van der Waals surface area contributed by atoms with E-state index in [1.165, 1.54) is 6.07 Å². The van der Waals surface area contributed by atoms with Crippen molar-refractivity contribution in [1.82, 2.24) is 5.32 Å². The van der Waals surface area contributed by atoms with Gasteiger partial charge in [0.25, 0.3) is 0 Å². The smallest absolute Gasteiger partial charge is 0.123 e. The second-order valence-electron chi connectivity index (χ2n) is 4.29. The van der Waals surface area contributed by atoms with E-state index in [1.54, 1.807) is 12.1 Å². The molecule has 2 rings (SSSR count). The van der Waals surface area contributed by atoms with Crippen molar-refractivity contribution in [3.05, 3.63) is 66.0 Å². The highest BCUT2D eigenvalue weighted by Gasteiger charge is 1.95. The molecule has 2 aromatic rings. The SMILES string of the molecule is Fc1cccc(CCNCCOc2ccccc2)c1. The quantitative estimate of drug-likeness (QED) is 0.772. The van der Waals surface area contributed by atoms with Crippen LogP contribution in [-0.4, -0.2) is 19.7 Å². The fraction of sp³-hybridized carbons (Fsp3) is 0.250. The summed E-state index contributed by atoms with van der Waals surface area (Å²) in [6, 6.07) is 16.4. The van der Waals surface area contributed by atoms with Gasteiger partial charge in [-0.15, -0.1) is 0 Å². The van der Waals surface area contributed by atoms with Crippen molar-refractivity contribution in [3.8, 4) is 5.75 Å². The van der Waals surface area contributed by atoms with E-state index >= 15 is 0 Å². The molecule has 0 fully saturated rings. The van der Waals surface area contributed by atoms with E-state index in [9.17, 15) is 4.39 Å². The lowest BCUT2D eigenvalue weighted by Gasteiger charge is -2.07. The second kappa shape index (κ2) is 7.54. The van der Waals surface area contributed by atoms with Crippen molar-refractivity contribution >= 4 is 0 Å². The van der Waals surface area contributed by atoms with E-state index < -0.39 is 0 Å². The van der Waals surface area contributed by atoms with Gasteiger partial charge in [-0.2, -0.15) is 0 Å². The van der Waals surface area contributed by atoms with Gasteiger partial charge in [0.05, 0.1) is 0 Å². The van der Waals surface area contributed by atoms with Crippen LogP contribution in [-0.2, 0) is 6.42 Å². The minimum atomic E-state index is -0.176. The Balaban J connectivity index is 1.58. The van der Waals surface area contributed by atoms with E-state index in [0.717, 1.165) is 30.8 Å². The Bertz CT molecular complexity index is 487. The summed E-state index contributed by atoms with van der Waals surface area (Å²) >= 11 is 0. The van der Waals surface area contributed by atoms with Crippen LogP contribution in [0.15, 0.2) is 54.6 Å². The molecule has 0 aliphatic carbocycles. The second-order valence-corrected chi connectivity index (χ2v) is 4.29. The first-order valence-electron chi connectivity index (χ1n) is 6.47. The molecule has 3 heteroatoms. The molecule has 0 aromatic heterocycles. The number of hydrogen-bond acceptors (Lipinski definition) is 2. The van der Waals surface area contributed by atoms with Gasteiger partial charge in [0.15, 0.2) is 0 Å². The predicted molar refractivity (Wildman–Crippen MR) is 74.9 cm³/mol. The highest BCUT2D eigenvalue weighted by molar-refractivity contribution is 5.20. The summed E-state index contributed by atoms with van der Waals surface area (Å²) in [6.07, 6.45) is 0.823. The van der Waals surface area contributed by atoms with E-state index in [4.69, 9.17) is 4.74 Å². The van der Waals surface area contributed by atoms with Crippen molar-refractivity contribution in [1.29, 1.82) is 0 Å². The number of para-hydroxylation sites is 1. The summed E-state index contributed by atoms with van der Waals surface area (Å²) in [5, 5.41) is 3.28. The molecule has 0 aliphatic rings. The Morgan fingerprint density at radius 1 is 0.947 bits per heavy atom. The lowest BCUT2D eigenvalue weighted by Crippen LogP contribution is -2.23. The number of rotatable bonds is 7.